The van der Waals surface area contributed by atoms with Crippen molar-refractivity contribution in [2.24, 2.45) is 5.73 Å². The van der Waals surface area contributed by atoms with Crippen molar-refractivity contribution < 1.29 is 4.39 Å². The summed E-state index contributed by atoms with van der Waals surface area (Å²) >= 11 is 5.91. The number of hydrogen-bond donors (Lipinski definition) is 1. The van der Waals surface area contributed by atoms with Gasteiger partial charge >= 0.3 is 0 Å². The van der Waals surface area contributed by atoms with Crippen molar-refractivity contribution in [3.8, 4) is 0 Å². The van der Waals surface area contributed by atoms with Crippen molar-refractivity contribution in [3.63, 3.8) is 0 Å². The number of aryl methyl sites for hydroxylation is 2. The summed E-state index contributed by atoms with van der Waals surface area (Å²) in [6.45, 7) is 4.87. The Bertz CT molecular complexity index is 595. The lowest BCUT2D eigenvalue weighted by Gasteiger charge is -2.14. The van der Waals surface area contributed by atoms with Crippen LogP contribution in [0.4, 0.5) is 4.39 Å². The van der Waals surface area contributed by atoms with E-state index in [-0.39, 0.29) is 5.82 Å². The van der Waals surface area contributed by atoms with Crippen LogP contribution in [0.5, 0.6) is 0 Å². The fourth-order valence-corrected chi connectivity index (χ4v) is 2.44. The number of halogens is 2. The molecule has 0 aliphatic carbocycles. The minimum absolute atomic E-state index is 0.319. The summed E-state index contributed by atoms with van der Waals surface area (Å²) in [6.07, 6.45) is 1.42. The van der Waals surface area contributed by atoms with Gasteiger partial charge in [-0.3, -0.25) is 4.68 Å². The molecule has 2 N–H and O–H groups in total. The first-order valence-corrected chi connectivity index (χ1v) is 7.19. The summed E-state index contributed by atoms with van der Waals surface area (Å²) in [5.41, 5.74) is 8.63. The molecule has 20 heavy (non-hydrogen) atoms. The van der Waals surface area contributed by atoms with Crippen LogP contribution in [0.3, 0.4) is 0 Å². The summed E-state index contributed by atoms with van der Waals surface area (Å²) in [6, 6.07) is 6.08. The van der Waals surface area contributed by atoms with Crippen molar-refractivity contribution in [2.45, 2.75) is 39.3 Å². The van der Waals surface area contributed by atoms with E-state index in [1.165, 1.54) is 12.1 Å². The number of rotatable bonds is 5. The Morgan fingerprint density at radius 3 is 2.75 bits per heavy atom. The summed E-state index contributed by atoms with van der Waals surface area (Å²) in [5.74, 6) is -0.319. The van der Waals surface area contributed by atoms with Gasteiger partial charge in [-0.05, 0) is 37.6 Å². The van der Waals surface area contributed by atoms with E-state index in [1.807, 2.05) is 17.7 Å². The molecule has 0 saturated heterocycles. The van der Waals surface area contributed by atoms with E-state index in [1.54, 1.807) is 6.07 Å². The van der Waals surface area contributed by atoms with E-state index in [0.717, 1.165) is 24.4 Å². The predicted molar refractivity (Wildman–Crippen MR) is 79.3 cm³/mol. The fraction of sp³-hybridized carbons (Fsp3) is 0.400. The molecule has 0 saturated carbocycles. The minimum atomic E-state index is -0.430. The minimum Gasteiger partial charge on any atom is -0.324 e. The van der Waals surface area contributed by atoms with Gasteiger partial charge in [-0.15, -0.1) is 0 Å². The normalized spacial score (nSPS) is 12.7. The molecule has 1 heterocycles. The summed E-state index contributed by atoms with van der Waals surface area (Å²) in [7, 11) is 0. The van der Waals surface area contributed by atoms with E-state index in [0.29, 0.717) is 17.0 Å². The molecular weight excluding hydrogens is 277 g/mol. The second kappa shape index (κ2) is 6.37. The van der Waals surface area contributed by atoms with Crippen LogP contribution in [0.15, 0.2) is 24.3 Å². The smallest absolute Gasteiger partial charge is 0.128 e. The average molecular weight is 296 g/mol. The molecule has 2 aromatic rings. The van der Waals surface area contributed by atoms with E-state index in [2.05, 4.69) is 12.0 Å². The molecule has 0 bridgehead atoms. The third-order valence-electron chi connectivity index (χ3n) is 3.36. The lowest BCUT2D eigenvalue weighted by molar-refractivity contribution is 0.555. The van der Waals surface area contributed by atoms with Crippen LogP contribution in [-0.4, -0.2) is 9.78 Å². The monoisotopic (exact) mass is 295 g/mol. The third kappa shape index (κ3) is 3.19. The van der Waals surface area contributed by atoms with Crippen LogP contribution in [-0.2, 0) is 19.4 Å². The molecule has 2 rings (SSSR count). The van der Waals surface area contributed by atoms with E-state index in [4.69, 9.17) is 17.3 Å². The SMILES string of the molecule is CCc1cc(CC(N)c2cc(Cl)ccc2F)n(CC)n1. The Kier molecular flexibility index (Phi) is 4.78. The van der Waals surface area contributed by atoms with Gasteiger partial charge in [0.15, 0.2) is 0 Å². The van der Waals surface area contributed by atoms with Crippen LogP contribution in [0.2, 0.25) is 5.02 Å². The Labute approximate surface area is 123 Å². The lowest BCUT2D eigenvalue weighted by Crippen LogP contribution is -2.17. The average Bonchev–Trinajstić information content (AvgIpc) is 2.83. The molecule has 0 aliphatic rings. The molecule has 0 fully saturated rings. The lowest BCUT2D eigenvalue weighted by atomic mass is 10.0. The molecule has 108 valence electrons. The highest BCUT2D eigenvalue weighted by Gasteiger charge is 2.16. The number of aromatic nitrogens is 2. The van der Waals surface area contributed by atoms with Gasteiger partial charge in [0.2, 0.25) is 0 Å². The van der Waals surface area contributed by atoms with Crippen LogP contribution < -0.4 is 5.73 Å². The van der Waals surface area contributed by atoms with Crippen LogP contribution in [0, 0.1) is 5.82 Å². The van der Waals surface area contributed by atoms with E-state index in [9.17, 15) is 4.39 Å². The van der Waals surface area contributed by atoms with Gasteiger partial charge in [-0.1, -0.05) is 18.5 Å². The zero-order valence-electron chi connectivity index (χ0n) is 11.7. The number of benzene rings is 1. The van der Waals surface area contributed by atoms with E-state index < -0.39 is 6.04 Å². The zero-order valence-corrected chi connectivity index (χ0v) is 12.5. The Balaban J connectivity index is 2.24. The van der Waals surface area contributed by atoms with Gasteiger partial charge < -0.3 is 5.73 Å². The van der Waals surface area contributed by atoms with Gasteiger partial charge in [0, 0.05) is 35.3 Å². The Hall–Kier alpha value is -1.39. The molecule has 1 unspecified atom stereocenters. The second-order valence-corrected chi connectivity index (χ2v) is 5.21. The van der Waals surface area contributed by atoms with E-state index >= 15 is 0 Å². The first-order chi connectivity index (χ1) is 9.55. The maximum absolute atomic E-state index is 13.8. The maximum Gasteiger partial charge on any atom is 0.128 e. The molecule has 0 radical (unpaired) electrons. The summed E-state index contributed by atoms with van der Waals surface area (Å²) < 4.78 is 15.7. The molecule has 0 aliphatic heterocycles. The molecular formula is C15H19ClFN3. The van der Waals surface area contributed by atoms with Gasteiger partial charge in [-0.25, -0.2) is 4.39 Å². The number of nitrogens with two attached hydrogens (primary N) is 1. The quantitative estimate of drug-likeness (QED) is 0.917. The number of nitrogens with zero attached hydrogens (tertiary/aromatic N) is 2. The van der Waals surface area contributed by atoms with Gasteiger partial charge in [0.25, 0.3) is 0 Å². The van der Waals surface area contributed by atoms with Crippen molar-refractivity contribution >= 4 is 11.6 Å². The van der Waals surface area contributed by atoms with Crippen LogP contribution >= 0.6 is 11.6 Å². The molecule has 3 nitrogen and oxygen atoms in total. The van der Waals surface area contributed by atoms with Gasteiger partial charge in [-0.2, -0.15) is 5.10 Å². The number of hydrogen-bond acceptors (Lipinski definition) is 2. The van der Waals surface area contributed by atoms with Gasteiger partial charge in [0.05, 0.1) is 5.69 Å². The largest absolute Gasteiger partial charge is 0.324 e. The molecule has 1 atom stereocenters. The molecule has 1 aromatic carbocycles. The topological polar surface area (TPSA) is 43.8 Å². The van der Waals surface area contributed by atoms with Crippen molar-refractivity contribution in [2.75, 3.05) is 0 Å². The van der Waals surface area contributed by atoms with Gasteiger partial charge in [0.1, 0.15) is 5.82 Å². The van der Waals surface area contributed by atoms with Crippen molar-refractivity contribution in [3.05, 3.63) is 52.1 Å². The second-order valence-electron chi connectivity index (χ2n) is 4.77. The molecule has 1 aromatic heterocycles. The fourth-order valence-electron chi connectivity index (χ4n) is 2.26. The molecule has 0 spiro atoms. The summed E-state index contributed by atoms with van der Waals surface area (Å²) in [5, 5.41) is 4.97. The predicted octanol–water partition coefficient (Wildman–Crippen LogP) is 3.50. The first kappa shape index (κ1) is 15.0. The highest BCUT2D eigenvalue weighted by molar-refractivity contribution is 6.30. The molecule has 0 amide bonds. The Morgan fingerprint density at radius 2 is 2.10 bits per heavy atom. The van der Waals surface area contributed by atoms with Crippen LogP contribution in [0.1, 0.15) is 36.8 Å². The first-order valence-electron chi connectivity index (χ1n) is 6.81. The third-order valence-corrected chi connectivity index (χ3v) is 3.60. The van der Waals surface area contributed by atoms with Crippen LogP contribution in [0.25, 0.3) is 0 Å². The Morgan fingerprint density at radius 1 is 1.35 bits per heavy atom. The highest BCUT2D eigenvalue weighted by atomic mass is 35.5. The summed E-state index contributed by atoms with van der Waals surface area (Å²) in [4.78, 5) is 0. The highest BCUT2D eigenvalue weighted by Crippen LogP contribution is 2.23. The zero-order chi connectivity index (χ0) is 14.7. The van der Waals surface area contributed by atoms with Crippen molar-refractivity contribution in [1.29, 1.82) is 0 Å². The maximum atomic E-state index is 13.8. The standard InChI is InChI=1S/C15H19ClFN3/c1-3-11-8-12(20(4-2)19-11)9-15(18)13-7-10(16)5-6-14(13)17/h5-8,15H,3-4,9,18H2,1-2H3. The molecule has 5 heteroatoms. The van der Waals surface area contributed by atoms with Crippen molar-refractivity contribution in [1.82, 2.24) is 9.78 Å².